The number of anilines is 1. The van der Waals surface area contributed by atoms with Crippen LogP contribution in [0.1, 0.15) is 10.4 Å². The second kappa shape index (κ2) is 4.43. The quantitative estimate of drug-likeness (QED) is 0.672. The zero-order chi connectivity index (χ0) is 13.7. The Kier molecular flexibility index (Phi) is 2.69. The lowest BCUT2D eigenvalue weighted by Gasteiger charge is -2.14. The molecular formula is C16H11NOS2. The van der Waals surface area contributed by atoms with Gasteiger partial charge in [0, 0.05) is 22.4 Å². The molecule has 4 rings (SSSR count). The van der Waals surface area contributed by atoms with Gasteiger partial charge in [0.2, 0.25) is 5.78 Å². The first-order valence-electron chi connectivity index (χ1n) is 6.32. The zero-order valence-corrected chi connectivity index (χ0v) is 12.4. The Morgan fingerprint density at radius 3 is 2.35 bits per heavy atom. The van der Waals surface area contributed by atoms with Crippen molar-refractivity contribution in [1.82, 2.24) is 0 Å². The van der Waals surface area contributed by atoms with Gasteiger partial charge in [-0.3, -0.25) is 4.79 Å². The molecule has 2 aromatic carbocycles. The Labute approximate surface area is 125 Å². The summed E-state index contributed by atoms with van der Waals surface area (Å²) in [6, 6.07) is 16.1. The lowest BCUT2D eigenvalue weighted by atomic mass is 10.1. The molecule has 2 aliphatic rings. The summed E-state index contributed by atoms with van der Waals surface area (Å²) < 4.78 is 0. The van der Waals surface area contributed by atoms with E-state index < -0.39 is 0 Å². The van der Waals surface area contributed by atoms with Crippen molar-refractivity contribution in [2.45, 2.75) is 9.79 Å². The molecule has 0 radical (unpaired) electrons. The number of nitrogens with zero attached hydrogens (tertiary/aromatic N) is 1. The lowest BCUT2D eigenvalue weighted by molar-refractivity contribution is 0.104. The second-order valence-corrected chi connectivity index (χ2v) is 6.77. The molecule has 98 valence electrons. The maximum Gasteiger partial charge on any atom is 0.203 e. The van der Waals surface area contributed by atoms with Crippen molar-refractivity contribution in [2.24, 2.45) is 0 Å². The number of ketones is 1. The highest BCUT2D eigenvalue weighted by atomic mass is 32.2. The van der Waals surface area contributed by atoms with E-state index in [0.29, 0.717) is 0 Å². The topological polar surface area (TPSA) is 20.3 Å². The third-order valence-corrected chi connectivity index (χ3v) is 6.01. The van der Waals surface area contributed by atoms with Gasteiger partial charge in [-0.15, -0.1) is 0 Å². The van der Waals surface area contributed by atoms with Gasteiger partial charge in [-0.25, -0.2) is 0 Å². The van der Waals surface area contributed by atoms with Gasteiger partial charge in [0.25, 0.3) is 0 Å². The van der Waals surface area contributed by atoms with E-state index in [1.807, 2.05) is 43.4 Å². The highest BCUT2D eigenvalue weighted by molar-refractivity contribution is 8.08. The van der Waals surface area contributed by atoms with Crippen LogP contribution in [0.2, 0.25) is 0 Å². The normalized spacial score (nSPS) is 20.2. The van der Waals surface area contributed by atoms with Crippen molar-refractivity contribution in [3.63, 3.8) is 0 Å². The molecule has 0 aromatic heterocycles. The molecule has 0 aliphatic carbocycles. The van der Waals surface area contributed by atoms with Crippen LogP contribution in [-0.2, 0) is 0 Å². The largest absolute Gasteiger partial charge is 0.337 e. The van der Waals surface area contributed by atoms with Gasteiger partial charge in [0.05, 0.1) is 15.6 Å². The summed E-state index contributed by atoms with van der Waals surface area (Å²) in [4.78, 5) is 17.8. The van der Waals surface area contributed by atoms with Gasteiger partial charge in [-0.1, -0.05) is 47.8 Å². The van der Waals surface area contributed by atoms with E-state index in [-0.39, 0.29) is 5.78 Å². The second-order valence-electron chi connectivity index (χ2n) is 4.69. The first kappa shape index (κ1) is 12.1. The van der Waals surface area contributed by atoms with Crippen molar-refractivity contribution in [2.75, 3.05) is 11.9 Å². The van der Waals surface area contributed by atoms with Crippen LogP contribution in [0.5, 0.6) is 0 Å². The first-order valence-corrected chi connectivity index (χ1v) is 7.95. The molecule has 0 N–H and O–H groups in total. The average Bonchev–Trinajstić information content (AvgIpc) is 2.98. The number of carbonyl (C=O) groups excluding carboxylic acids is 1. The summed E-state index contributed by atoms with van der Waals surface area (Å²) in [5.41, 5.74) is 1.99. The number of allylic oxidation sites excluding steroid dienone is 1. The Morgan fingerprint density at radius 2 is 1.60 bits per heavy atom. The van der Waals surface area contributed by atoms with Crippen molar-refractivity contribution in [3.05, 3.63) is 64.0 Å². The van der Waals surface area contributed by atoms with Gasteiger partial charge in [0.1, 0.15) is 0 Å². The lowest BCUT2D eigenvalue weighted by Crippen LogP contribution is -2.12. The minimum Gasteiger partial charge on any atom is -0.337 e. The number of para-hydroxylation sites is 1. The molecular weight excluding hydrogens is 286 g/mol. The number of benzene rings is 2. The summed E-state index contributed by atoms with van der Waals surface area (Å²) >= 11 is 3.26. The summed E-state index contributed by atoms with van der Waals surface area (Å²) in [5.74, 6) is 0.146. The fourth-order valence-electron chi connectivity index (χ4n) is 2.46. The standard InChI is InChI=1S/C16H11NOS2/c1-17-11-7-3-5-9-13(11)20-16(17)15-14(18)10-6-2-4-8-12(10)19-15/h2-9H,1H3/b16-15+. The third kappa shape index (κ3) is 1.65. The molecule has 0 fully saturated rings. The van der Waals surface area contributed by atoms with Crippen LogP contribution in [0, 0.1) is 0 Å². The Balaban J connectivity index is 1.82. The zero-order valence-electron chi connectivity index (χ0n) is 10.8. The van der Waals surface area contributed by atoms with Crippen LogP contribution in [0.3, 0.4) is 0 Å². The van der Waals surface area contributed by atoms with E-state index in [0.717, 1.165) is 20.4 Å². The highest BCUT2D eigenvalue weighted by Gasteiger charge is 2.33. The molecule has 2 aromatic rings. The Hall–Kier alpha value is -1.65. The molecule has 0 spiro atoms. The highest BCUT2D eigenvalue weighted by Crippen LogP contribution is 2.51. The number of hydrogen-bond donors (Lipinski definition) is 0. The number of carbonyl (C=O) groups is 1. The van der Waals surface area contributed by atoms with Crippen LogP contribution in [0.15, 0.2) is 68.3 Å². The van der Waals surface area contributed by atoms with E-state index in [2.05, 4.69) is 17.0 Å². The molecule has 0 bridgehead atoms. The van der Waals surface area contributed by atoms with E-state index in [9.17, 15) is 4.79 Å². The van der Waals surface area contributed by atoms with Gasteiger partial charge >= 0.3 is 0 Å². The smallest absolute Gasteiger partial charge is 0.203 e. The fraction of sp³-hybridized carbons (Fsp3) is 0.0625. The van der Waals surface area contributed by atoms with Crippen LogP contribution in [0.4, 0.5) is 5.69 Å². The summed E-state index contributed by atoms with van der Waals surface area (Å²) in [6.07, 6.45) is 0. The number of Topliss-reactive ketones (excluding diaryl/α,β-unsaturated/α-hetero) is 1. The predicted molar refractivity (Wildman–Crippen MR) is 84.4 cm³/mol. The van der Waals surface area contributed by atoms with Gasteiger partial charge in [-0.2, -0.15) is 0 Å². The molecule has 0 atom stereocenters. The van der Waals surface area contributed by atoms with Crippen LogP contribution in [-0.4, -0.2) is 12.8 Å². The van der Waals surface area contributed by atoms with Crippen molar-refractivity contribution >= 4 is 35.0 Å². The monoisotopic (exact) mass is 297 g/mol. The van der Waals surface area contributed by atoms with Gasteiger partial charge < -0.3 is 4.90 Å². The molecule has 0 saturated carbocycles. The number of fused-ring (bicyclic) bond motifs is 2. The van der Waals surface area contributed by atoms with E-state index in [1.165, 1.54) is 10.6 Å². The Bertz CT molecular complexity index is 767. The van der Waals surface area contributed by atoms with E-state index in [1.54, 1.807) is 23.5 Å². The molecule has 0 unspecified atom stereocenters. The number of thioether (sulfide) groups is 2. The maximum atomic E-state index is 12.6. The number of hydrogen-bond acceptors (Lipinski definition) is 4. The van der Waals surface area contributed by atoms with Crippen LogP contribution < -0.4 is 4.90 Å². The van der Waals surface area contributed by atoms with Crippen molar-refractivity contribution < 1.29 is 4.79 Å². The summed E-state index contributed by atoms with van der Waals surface area (Å²) in [5, 5.41) is 1.04. The molecule has 4 heteroatoms. The first-order chi connectivity index (χ1) is 9.75. The van der Waals surface area contributed by atoms with Gasteiger partial charge in [-0.05, 0) is 24.3 Å². The fourth-order valence-corrected chi connectivity index (χ4v) is 4.86. The predicted octanol–water partition coefficient (Wildman–Crippen LogP) is 4.39. The molecule has 20 heavy (non-hydrogen) atoms. The van der Waals surface area contributed by atoms with Gasteiger partial charge in [0.15, 0.2) is 0 Å². The van der Waals surface area contributed by atoms with E-state index in [4.69, 9.17) is 0 Å². The molecule has 2 heterocycles. The average molecular weight is 297 g/mol. The third-order valence-electron chi connectivity index (χ3n) is 3.48. The van der Waals surface area contributed by atoms with Crippen LogP contribution in [0.25, 0.3) is 0 Å². The Morgan fingerprint density at radius 1 is 0.900 bits per heavy atom. The minimum atomic E-state index is 0.146. The van der Waals surface area contributed by atoms with Crippen molar-refractivity contribution in [1.29, 1.82) is 0 Å². The van der Waals surface area contributed by atoms with Crippen molar-refractivity contribution in [3.8, 4) is 0 Å². The maximum absolute atomic E-state index is 12.6. The SMILES string of the molecule is CN1/C(=C2\Sc3ccccc3C2=O)Sc2ccccc21. The van der Waals surface area contributed by atoms with Crippen LogP contribution >= 0.6 is 23.5 Å². The minimum absolute atomic E-state index is 0.146. The summed E-state index contributed by atoms with van der Waals surface area (Å²) in [6.45, 7) is 0. The summed E-state index contributed by atoms with van der Waals surface area (Å²) in [7, 11) is 2.03. The van der Waals surface area contributed by atoms with E-state index >= 15 is 0 Å². The molecule has 2 nitrogen and oxygen atoms in total. The molecule has 2 aliphatic heterocycles. The molecule has 0 amide bonds. The molecule has 0 saturated heterocycles. The number of rotatable bonds is 0.